The number of rotatable bonds is 7. The summed E-state index contributed by atoms with van der Waals surface area (Å²) in [4.78, 5) is 11.0. The van der Waals surface area contributed by atoms with Gasteiger partial charge >= 0.3 is 5.97 Å². The number of carbonyl (C=O) groups is 1. The molecular formula is C27H29NO6S. The zero-order valence-corrected chi connectivity index (χ0v) is 21.2. The number of hydrogen-bond donors (Lipinski definition) is 1. The summed E-state index contributed by atoms with van der Waals surface area (Å²) in [6.45, 7) is 7.12. The van der Waals surface area contributed by atoms with E-state index in [1.54, 1.807) is 14.0 Å². The number of hydrogen-bond acceptors (Lipinski definition) is 5. The van der Waals surface area contributed by atoms with Crippen LogP contribution >= 0.6 is 0 Å². The lowest BCUT2D eigenvalue weighted by Gasteiger charge is -2.27. The van der Waals surface area contributed by atoms with Crippen molar-refractivity contribution < 1.29 is 27.8 Å². The highest BCUT2D eigenvalue weighted by molar-refractivity contribution is 7.92. The van der Waals surface area contributed by atoms with Crippen molar-refractivity contribution in [2.75, 3.05) is 18.0 Å². The lowest BCUT2D eigenvalue weighted by atomic mass is 9.93. The summed E-state index contributed by atoms with van der Waals surface area (Å²) in [7, 11) is -2.24. The van der Waals surface area contributed by atoms with Crippen LogP contribution in [0.25, 0.3) is 11.1 Å². The lowest BCUT2D eigenvalue weighted by Crippen LogP contribution is -2.37. The molecular weight excluding hydrogens is 466 g/mol. The molecule has 1 aliphatic heterocycles. The van der Waals surface area contributed by atoms with Crippen LogP contribution in [0.1, 0.15) is 36.5 Å². The van der Waals surface area contributed by atoms with Gasteiger partial charge in [-0.15, -0.1) is 0 Å². The van der Waals surface area contributed by atoms with Crippen LogP contribution in [-0.2, 0) is 14.8 Å². The minimum absolute atomic E-state index is 0.00376. The molecule has 0 amide bonds. The fraction of sp³-hybridized carbons (Fsp3) is 0.296. The van der Waals surface area contributed by atoms with Crippen LogP contribution in [0.2, 0.25) is 0 Å². The second kappa shape index (κ2) is 9.26. The van der Waals surface area contributed by atoms with Crippen molar-refractivity contribution in [1.82, 2.24) is 0 Å². The normalized spacial score (nSPS) is 17.2. The SMILES string of the molecule is COc1ccc(-c2cc(C)c3c(c2)C(C)C(C)N3S(=O)(=O)c2ccc(OCC(=O)O)c(C)c2)cc1. The number of carboxylic acids is 1. The van der Waals surface area contributed by atoms with Gasteiger partial charge in [-0.3, -0.25) is 4.31 Å². The molecule has 1 aliphatic rings. The topological polar surface area (TPSA) is 93.1 Å². The van der Waals surface area contributed by atoms with E-state index in [9.17, 15) is 13.2 Å². The summed E-state index contributed by atoms with van der Waals surface area (Å²) in [6, 6.07) is 16.1. The quantitative estimate of drug-likeness (QED) is 0.488. The van der Waals surface area contributed by atoms with Crippen LogP contribution in [0.4, 0.5) is 5.69 Å². The first-order chi connectivity index (χ1) is 16.5. The largest absolute Gasteiger partial charge is 0.497 e. The van der Waals surface area contributed by atoms with E-state index in [-0.39, 0.29) is 16.9 Å². The zero-order valence-electron chi connectivity index (χ0n) is 20.4. The zero-order chi connectivity index (χ0) is 25.5. The highest BCUT2D eigenvalue weighted by Gasteiger charge is 2.41. The smallest absolute Gasteiger partial charge is 0.341 e. The van der Waals surface area contributed by atoms with Crippen molar-refractivity contribution in [2.24, 2.45) is 0 Å². The van der Waals surface area contributed by atoms with Crippen molar-refractivity contribution in [3.05, 3.63) is 71.3 Å². The number of methoxy groups -OCH3 is 1. The Balaban J connectivity index is 1.74. The van der Waals surface area contributed by atoms with Crippen molar-refractivity contribution in [3.63, 3.8) is 0 Å². The molecule has 3 aromatic rings. The van der Waals surface area contributed by atoms with Crippen LogP contribution in [0.15, 0.2) is 59.5 Å². The summed E-state index contributed by atoms with van der Waals surface area (Å²) in [5.74, 6) is 0.0217. The van der Waals surface area contributed by atoms with E-state index >= 15 is 0 Å². The predicted octanol–water partition coefficient (Wildman–Crippen LogP) is 5.14. The Kier molecular flexibility index (Phi) is 6.51. The van der Waals surface area contributed by atoms with Gasteiger partial charge in [0.25, 0.3) is 10.0 Å². The Hall–Kier alpha value is -3.52. The summed E-state index contributed by atoms with van der Waals surface area (Å²) in [6.07, 6.45) is 0. The Bertz CT molecular complexity index is 1380. The van der Waals surface area contributed by atoms with E-state index in [2.05, 4.69) is 6.07 Å². The molecule has 0 spiro atoms. The van der Waals surface area contributed by atoms with Gasteiger partial charge in [-0.25, -0.2) is 13.2 Å². The Morgan fingerprint density at radius 2 is 1.66 bits per heavy atom. The molecule has 0 radical (unpaired) electrons. The van der Waals surface area contributed by atoms with Crippen molar-refractivity contribution in [2.45, 2.75) is 44.6 Å². The molecule has 1 heterocycles. The summed E-state index contributed by atoms with van der Waals surface area (Å²) >= 11 is 0. The molecule has 2 unspecified atom stereocenters. The third-order valence-electron chi connectivity index (χ3n) is 6.61. The third-order valence-corrected chi connectivity index (χ3v) is 8.49. The fourth-order valence-electron chi connectivity index (χ4n) is 4.61. The number of carboxylic acid groups (broad SMARTS) is 1. The van der Waals surface area contributed by atoms with Gasteiger partial charge in [-0.1, -0.05) is 19.1 Å². The first-order valence-electron chi connectivity index (χ1n) is 11.3. The molecule has 4 rings (SSSR count). The molecule has 1 N–H and O–H groups in total. The number of aliphatic carboxylic acids is 1. The van der Waals surface area contributed by atoms with Gasteiger partial charge in [-0.05, 0) is 91.1 Å². The standard InChI is InChI=1S/C27H29NO6S/c1-16-13-23(10-11-25(16)34-15-26(29)30)35(31,32)28-19(4)18(3)24-14-21(12-17(2)27(24)28)20-6-8-22(33-5)9-7-20/h6-14,18-19H,15H2,1-5H3,(H,29,30). The van der Waals surface area contributed by atoms with Crippen molar-refractivity contribution in [1.29, 1.82) is 0 Å². The maximum absolute atomic E-state index is 13.8. The third kappa shape index (κ3) is 4.46. The Morgan fingerprint density at radius 3 is 2.26 bits per heavy atom. The van der Waals surface area contributed by atoms with Crippen molar-refractivity contribution in [3.8, 4) is 22.6 Å². The first-order valence-corrected chi connectivity index (χ1v) is 12.8. The molecule has 7 nitrogen and oxygen atoms in total. The number of aryl methyl sites for hydroxylation is 2. The maximum Gasteiger partial charge on any atom is 0.341 e. The molecule has 0 fully saturated rings. The molecule has 0 aliphatic carbocycles. The molecule has 35 heavy (non-hydrogen) atoms. The van der Waals surface area contributed by atoms with E-state index in [0.717, 1.165) is 28.0 Å². The summed E-state index contributed by atoms with van der Waals surface area (Å²) in [5.41, 5.74) is 5.20. The van der Waals surface area contributed by atoms with Crippen LogP contribution in [0.5, 0.6) is 11.5 Å². The van der Waals surface area contributed by atoms with Gasteiger partial charge in [0.2, 0.25) is 0 Å². The van der Waals surface area contributed by atoms with E-state index in [4.69, 9.17) is 14.6 Å². The highest BCUT2D eigenvalue weighted by atomic mass is 32.2. The average Bonchev–Trinajstić information content (AvgIpc) is 3.09. The number of anilines is 1. The highest BCUT2D eigenvalue weighted by Crippen LogP contribution is 2.47. The lowest BCUT2D eigenvalue weighted by molar-refractivity contribution is -0.139. The second-order valence-corrected chi connectivity index (χ2v) is 10.7. The second-order valence-electron chi connectivity index (χ2n) is 8.90. The van der Waals surface area contributed by atoms with Gasteiger partial charge in [0.1, 0.15) is 11.5 Å². The summed E-state index contributed by atoms with van der Waals surface area (Å²) in [5, 5.41) is 8.85. The molecule has 0 saturated heterocycles. The van der Waals surface area contributed by atoms with E-state index in [1.807, 2.05) is 51.1 Å². The van der Waals surface area contributed by atoms with Crippen LogP contribution in [0, 0.1) is 13.8 Å². The van der Waals surface area contributed by atoms with Gasteiger partial charge in [0.05, 0.1) is 17.7 Å². The minimum Gasteiger partial charge on any atom is -0.497 e. The number of benzene rings is 3. The summed E-state index contributed by atoms with van der Waals surface area (Å²) < 4.78 is 39.7. The first kappa shape index (κ1) is 24.6. The number of fused-ring (bicyclic) bond motifs is 1. The maximum atomic E-state index is 13.8. The van der Waals surface area contributed by atoms with Gasteiger partial charge in [0.15, 0.2) is 6.61 Å². The van der Waals surface area contributed by atoms with Gasteiger partial charge in [-0.2, -0.15) is 0 Å². The molecule has 3 aromatic carbocycles. The van der Waals surface area contributed by atoms with Crippen LogP contribution in [-0.4, -0.2) is 39.3 Å². The molecule has 2 atom stereocenters. The van der Waals surface area contributed by atoms with Crippen LogP contribution < -0.4 is 13.8 Å². The molecule has 0 aromatic heterocycles. The van der Waals surface area contributed by atoms with E-state index < -0.39 is 22.6 Å². The minimum atomic E-state index is -3.87. The predicted molar refractivity (Wildman–Crippen MR) is 135 cm³/mol. The van der Waals surface area contributed by atoms with Crippen LogP contribution in [0.3, 0.4) is 0 Å². The molecule has 8 heteroatoms. The van der Waals surface area contributed by atoms with E-state index in [0.29, 0.717) is 17.0 Å². The van der Waals surface area contributed by atoms with E-state index in [1.165, 1.54) is 22.5 Å². The van der Waals surface area contributed by atoms with Gasteiger partial charge in [0, 0.05) is 12.0 Å². The average molecular weight is 496 g/mol. The van der Waals surface area contributed by atoms with Gasteiger partial charge < -0.3 is 14.6 Å². The fourth-order valence-corrected chi connectivity index (χ4v) is 6.51. The molecule has 0 bridgehead atoms. The number of sulfonamides is 1. The monoisotopic (exact) mass is 495 g/mol. The molecule has 0 saturated carbocycles. The Morgan fingerprint density at radius 1 is 0.971 bits per heavy atom. The Labute approximate surface area is 206 Å². The molecule has 184 valence electrons. The number of ether oxygens (including phenoxy) is 2. The van der Waals surface area contributed by atoms with Crippen molar-refractivity contribution >= 4 is 21.7 Å². The number of nitrogens with zero attached hydrogens (tertiary/aromatic N) is 1.